The molecule has 7 nitrogen and oxygen atoms in total. The van der Waals surface area contributed by atoms with Gasteiger partial charge in [0.05, 0.1) is 12.7 Å². The molecule has 2 rings (SSSR count). The van der Waals surface area contributed by atoms with Gasteiger partial charge >= 0.3 is 0 Å². The number of hydrogen-bond acceptors (Lipinski definition) is 5. The summed E-state index contributed by atoms with van der Waals surface area (Å²) in [6.07, 6.45) is 8.28. The van der Waals surface area contributed by atoms with Gasteiger partial charge in [0.2, 0.25) is 0 Å². The van der Waals surface area contributed by atoms with E-state index >= 15 is 0 Å². The van der Waals surface area contributed by atoms with Gasteiger partial charge in [0.15, 0.2) is 5.69 Å². The number of rotatable bonds is 6. The number of aromatic nitrogens is 3. The Kier molecular flexibility index (Phi) is 5.49. The molecule has 1 aliphatic carbocycles. The molecule has 0 bridgehead atoms. The number of nitrogens with two attached hydrogens (primary N) is 1. The lowest BCUT2D eigenvalue weighted by atomic mass is 9.94. The molecule has 20 heavy (non-hydrogen) atoms. The van der Waals surface area contributed by atoms with Crippen LogP contribution in [-0.4, -0.2) is 44.9 Å². The van der Waals surface area contributed by atoms with E-state index in [0.717, 1.165) is 19.6 Å². The molecule has 1 aromatic rings. The molecule has 1 amide bonds. The first-order valence-corrected chi connectivity index (χ1v) is 7.39. The molecule has 0 saturated heterocycles. The Morgan fingerprint density at radius 1 is 1.50 bits per heavy atom. The minimum absolute atomic E-state index is 0.258. The highest BCUT2D eigenvalue weighted by Gasteiger charge is 2.19. The zero-order valence-corrected chi connectivity index (χ0v) is 12.1. The second-order valence-electron chi connectivity index (χ2n) is 5.26. The van der Waals surface area contributed by atoms with Crippen molar-refractivity contribution in [3.63, 3.8) is 0 Å². The quantitative estimate of drug-likeness (QED) is 0.451. The molecule has 0 aromatic carbocycles. The highest BCUT2D eigenvalue weighted by atomic mass is 16.2. The molecule has 1 heterocycles. The summed E-state index contributed by atoms with van der Waals surface area (Å²) in [5.74, 6) is 4.66. The van der Waals surface area contributed by atoms with Gasteiger partial charge in [0, 0.05) is 12.6 Å². The molecular formula is C13H24N6O. The van der Waals surface area contributed by atoms with Gasteiger partial charge in [-0.3, -0.25) is 19.8 Å². The van der Waals surface area contributed by atoms with Crippen molar-refractivity contribution in [1.82, 2.24) is 25.3 Å². The standard InChI is InChI=1S/C13H24N6O/c1-2-18(11-6-4-3-5-7-11)8-9-19-10-12(16-17-19)13(20)15-14/h10-11H,2-9,14H2,1H3,(H,15,20). The number of carbonyl (C=O) groups is 1. The van der Waals surface area contributed by atoms with E-state index in [0.29, 0.717) is 6.04 Å². The van der Waals surface area contributed by atoms with Crippen LogP contribution >= 0.6 is 0 Å². The van der Waals surface area contributed by atoms with E-state index in [1.54, 1.807) is 10.9 Å². The fourth-order valence-corrected chi connectivity index (χ4v) is 2.86. The third-order valence-electron chi connectivity index (χ3n) is 4.02. The molecule has 3 N–H and O–H groups in total. The lowest BCUT2D eigenvalue weighted by Crippen LogP contribution is -2.38. The van der Waals surface area contributed by atoms with E-state index in [1.807, 2.05) is 0 Å². The van der Waals surface area contributed by atoms with Gasteiger partial charge in [-0.1, -0.05) is 31.4 Å². The third-order valence-corrected chi connectivity index (χ3v) is 4.02. The topological polar surface area (TPSA) is 89.1 Å². The fourth-order valence-electron chi connectivity index (χ4n) is 2.86. The zero-order valence-electron chi connectivity index (χ0n) is 12.1. The summed E-state index contributed by atoms with van der Waals surface area (Å²) in [6.45, 7) is 4.93. The number of carbonyl (C=O) groups excluding carboxylic acids is 1. The van der Waals surface area contributed by atoms with E-state index in [-0.39, 0.29) is 5.69 Å². The summed E-state index contributed by atoms with van der Waals surface area (Å²) in [6, 6.07) is 0.698. The third kappa shape index (κ3) is 3.77. The Morgan fingerprint density at radius 2 is 2.25 bits per heavy atom. The van der Waals surface area contributed by atoms with Crippen molar-refractivity contribution in [3.8, 4) is 0 Å². The maximum Gasteiger partial charge on any atom is 0.287 e. The van der Waals surface area contributed by atoms with Gasteiger partial charge in [0.1, 0.15) is 0 Å². The average molecular weight is 280 g/mol. The molecule has 0 unspecified atom stereocenters. The van der Waals surface area contributed by atoms with Gasteiger partial charge in [0.25, 0.3) is 5.91 Å². The van der Waals surface area contributed by atoms with E-state index in [1.165, 1.54) is 32.1 Å². The first-order valence-electron chi connectivity index (χ1n) is 7.39. The number of hydrogen-bond donors (Lipinski definition) is 2. The lowest BCUT2D eigenvalue weighted by Gasteiger charge is -2.33. The van der Waals surface area contributed by atoms with Crippen molar-refractivity contribution in [1.29, 1.82) is 0 Å². The lowest BCUT2D eigenvalue weighted by molar-refractivity contribution is 0.0948. The Balaban J connectivity index is 1.86. The van der Waals surface area contributed by atoms with Crippen LogP contribution in [-0.2, 0) is 6.54 Å². The minimum Gasteiger partial charge on any atom is -0.299 e. The van der Waals surface area contributed by atoms with Crippen molar-refractivity contribution in [3.05, 3.63) is 11.9 Å². The van der Waals surface area contributed by atoms with E-state index in [2.05, 4.69) is 27.6 Å². The summed E-state index contributed by atoms with van der Waals surface area (Å²) in [4.78, 5) is 13.8. The van der Waals surface area contributed by atoms with Crippen LogP contribution in [0.3, 0.4) is 0 Å². The van der Waals surface area contributed by atoms with Crippen LogP contribution in [0.25, 0.3) is 0 Å². The van der Waals surface area contributed by atoms with Crippen LogP contribution in [0.2, 0.25) is 0 Å². The maximum absolute atomic E-state index is 11.3. The molecule has 0 radical (unpaired) electrons. The summed E-state index contributed by atoms with van der Waals surface area (Å²) in [5, 5.41) is 7.77. The maximum atomic E-state index is 11.3. The number of nitrogen functional groups attached to an aromatic ring is 1. The van der Waals surface area contributed by atoms with Gasteiger partial charge in [-0.15, -0.1) is 5.10 Å². The van der Waals surface area contributed by atoms with Gasteiger partial charge < -0.3 is 0 Å². The molecule has 1 fully saturated rings. The molecule has 1 saturated carbocycles. The van der Waals surface area contributed by atoms with Crippen LogP contribution < -0.4 is 11.3 Å². The predicted octanol–water partition coefficient (Wildman–Crippen LogP) is 0.536. The van der Waals surface area contributed by atoms with Crippen LogP contribution in [0.5, 0.6) is 0 Å². The molecule has 112 valence electrons. The molecule has 1 aliphatic rings. The van der Waals surface area contributed by atoms with Gasteiger partial charge in [-0.2, -0.15) is 0 Å². The van der Waals surface area contributed by atoms with Gasteiger partial charge in [-0.05, 0) is 19.4 Å². The Morgan fingerprint density at radius 3 is 2.90 bits per heavy atom. The molecule has 0 aliphatic heterocycles. The average Bonchev–Trinajstić information content (AvgIpc) is 2.97. The fraction of sp³-hybridized carbons (Fsp3) is 0.769. The SMILES string of the molecule is CCN(CCn1cc(C(=O)NN)nn1)C1CCCCC1. The summed E-state index contributed by atoms with van der Waals surface area (Å²) in [7, 11) is 0. The van der Waals surface area contributed by atoms with E-state index in [4.69, 9.17) is 5.84 Å². The van der Waals surface area contributed by atoms with Crippen LogP contribution in [0.15, 0.2) is 6.20 Å². The summed E-state index contributed by atoms with van der Waals surface area (Å²) in [5.41, 5.74) is 2.31. The number of nitrogens with one attached hydrogen (secondary N) is 1. The Hall–Kier alpha value is -1.47. The Bertz CT molecular complexity index is 426. The highest BCUT2D eigenvalue weighted by Crippen LogP contribution is 2.22. The van der Waals surface area contributed by atoms with Crippen LogP contribution in [0.4, 0.5) is 0 Å². The normalized spacial score (nSPS) is 16.6. The van der Waals surface area contributed by atoms with Crippen LogP contribution in [0.1, 0.15) is 49.5 Å². The number of amides is 1. The molecule has 0 spiro atoms. The first-order chi connectivity index (χ1) is 9.74. The van der Waals surface area contributed by atoms with Crippen molar-refractivity contribution >= 4 is 5.91 Å². The molecule has 7 heteroatoms. The number of likely N-dealkylation sites (N-methyl/N-ethyl adjacent to an activating group) is 1. The second kappa shape index (κ2) is 7.35. The zero-order chi connectivity index (χ0) is 14.4. The van der Waals surface area contributed by atoms with Crippen molar-refractivity contribution in [2.24, 2.45) is 5.84 Å². The van der Waals surface area contributed by atoms with E-state index < -0.39 is 5.91 Å². The van der Waals surface area contributed by atoms with E-state index in [9.17, 15) is 4.79 Å². The first kappa shape index (κ1) is 14.9. The molecular weight excluding hydrogens is 256 g/mol. The smallest absolute Gasteiger partial charge is 0.287 e. The predicted molar refractivity (Wildman–Crippen MR) is 75.8 cm³/mol. The second-order valence-corrected chi connectivity index (χ2v) is 5.26. The van der Waals surface area contributed by atoms with Crippen molar-refractivity contribution < 1.29 is 4.79 Å². The largest absolute Gasteiger partial charge is 0.299 e. The molecule has 0 atom stereocenters. The Labute approximate surface area is 119 Å². The number of hydrazine groups is 1. The van der Waals surface area contributed by atoms with Crippen LogP contribution in [0, 0.1) is 0 Å². The summed E-state index contributed by atoms with van der Waals surface area (Å²) >= 11 is 0. The summed E-state index contributed by atoms with van der Waals surface area (Å²) < 4.78 is 1.70. The number of nitrogens with zero attached hydrogens (tertiary/aromatic N) is 4. The van der Waals surface area contributed by atoms with Gasteiger partial charge in [-0.25, -0.2) is 5.84 Å². The monoisotopic (exact) mass is 280 g/mol. The highest BCUT2D eigenvalue weighted by molar-refractivity contribution is 5.91. The molecule has 1 aromatic heterocycles. The minimum atomic E-state index is -0.407. The van der Waals surface area contributed by atoms with Crippen molar-refractivity contribution in [2.45, 2.75) is 51.6 Å². The van der Waals surface area contributed by atoms with Crippen molar-refractivity contribution in [2.75, 3.05) is 13.1 Å².